The molecule has 0 aromatic heterocycles. The summed E-state index contributed by atoms with van der Waals surface area (Å²) in [6, 6.07) is 15.5. The number of methoxy groups -OCH3 is 1. The summed E-state index contributed by atoms with van der Waals surface area (Å²) >= 11 is 2.22. The van der Waals surface area contributed by atoms with Gasteiger partial charge in [0.05, 0.1) is 6.61 Å². The lowest BCUT2D eigenvalue weighted by atomic mass is 10.1. The number of hydrogen-bond donors (Lipinski definition) is 1. The van der Waals surface area contributed by atoms with E-state index in [4.69, 9.17) is 4.74 Å². The van der Waals surface area contributed by atoms with Crippen LogP contribution in [0.3, 0.4) is 0 Å². The van der Waals surface area contributed by atoms with Gasteiger partial charge in [-0.05, 0) is 58.0 Å². The normalized spacial score (nSPS) is 10.3. The lowest BCUT2D eigenvalue weighted by Gasteiger charge is -2.10. The molecule has 0 spiro atoms. The van der Waals surface area contributed by atoms with Crippen LogP contribution in [0.4, 0.5) is 0 Å². The van der Waals surface area contributed by atoms with Crippen LogP contribution in [-0.2, 0) is 17.9 Å². The van der Waals surface area contributed by atoms with Crippen molar-refractivity contribution in [2.75, 3.05) is 7.11 Å². The van der Waals surface area contributed by atoms with Crippen LogP contribution in [0.1, 0.15) is 21.5 Å². The lowest BCUT2D eigenvalue weighted by Crippen LogP contribution is -2.23. The van der Waals surface area contributed by atoms with Gasteiger partial charge in [0.15, 0.2) is 0 Å². The first-order valence-electron chi connectivity index (χ1n) is 6.30. The molecule has 0 fully saturated rings. The van der Waals surface area contributed by atoms with Crippen LogP contribution in [0, 0.1) is 3.57 Å². The number of carbonyl (C=O) groups is 1. The van der Waals surface area contributed by atoms with Crippen molar-refractivity contribution in [3.05, 3.63) is 68.8 Å². The molecule has 0 unspecified atom stereocenters. The van der Waals surface area contributed by atoms with Crippen molar-refractivity contribution >= 4 is 28.5 Å². The van der Waals surface area contributed by atoms with Gasteiger partial charge in [0.2, 0.25) is 0 Å². The van der Waals surface area contributed by atoms with E-state index < -0.39 is 0 Å². The molecular formula is C16H16INO2. The molecule has 2 rings (SSSR count). The SMILES string of the molecule is COCc1ccccc1CNC(=O)c1ccc(I)cc1. The Morgan fingerprint density at radius 1 is 1.10 bits per heavy atom. The number of ether oxygens (including phenoxy) is 1. The zero-order valence-electron chi connectivity index (χ0n) is 11.2. The van der Waals surface area contributed by atoms with Gasteiger partial charge in [0, 0.05) is 22.8 Å². The average Bonchev–Trinajstić information content (AvgIpc) is 2.47. The molecule has 0 radical (unpaired) electrons. The highest BCUT2D eigenvalue weighted by Gasteiger charge is 2.06. The minimum Gasteiger partial charge on any atom is -0.380 e. The molecule has 0 bridgehead atoms. The molecule has 1 amide bonds. The molecule has 4 heteroatoms. The Morgan fingerprint density at radius 3 is 2.40 bits per heavy atom. The molecule has 0 saturated carbocycles. The van der Waals surface area contributed by atoms with Crippen molar-refractivity contribution in [2.45, 2.75) is 13.2 Å². The highest BCUT2D eigenvalue weighted by Crippen LogP contribution is 2.11. The molecule has 0 atom stereocenters. The maximum absolute atomic E-state index is 12.1. The van der Waals surface area contributed by atoms with Gasteiger partial charge in [0.25, 0.3) is 5.91 Å². The first-order valence-corrected chi connectivity index (χ1v) is 7.38. The quantitative estimate of drug-likeness (QED) is 0.807. The van der Waals surface area contributed by atoms with Crippen molar-refractivity contribution in [3.8, 4) is 0 Å². The average molecular weight is 381 g/mol. The van der Waals surface area contributed by atoms with Crippen molar-refractivity contribution < 1.29 is 9.53 Å². The third kappa shape index (κ3) is 4.05. The molecule has 0 aliphatic rings. The molecule has 0 aliphatic heterocycles. The van der Waals surface area contributed by atoms with Crippen molar-refractivity contribution in [1.29, 1.82) is 0 Å². The third-order valence-corrected chi connectivity index (χ3v) is 3.68. The van der Waals surface area contributed by atoms with E-state index in [9.17, 15) is 4.79 Å². The molecule has 2 aromatic rings. The standard InChI is InChI=1S/C16H16INO2/c1-20-11-14-5-3-2-4-13(14)10-18-16(19)12-6-8-15(17)9-7-12/h2-9H,10-11H2,1H3,(H,18,19). The second kappa shape index (κ2) is 7.40. The predicted octanol–water partition coefficient (Wildman–Crippen LogP) is 3.37. The third-order valence-electron chi connectivity index (χ3n) is 2.96. The Balaban J connectivity index is 2.01. The van der Waals surface area contributed by atoms with Crippen LogP contribution in [0.5, 0.6) is 0 Å². The van der Waals surface area contributed by atoms with Crippen molar-refractivity contribution in [2.24, 2.45) is 0 Å². The number of nitrogens with one attached hydrogen (secondary N) is 1. The van der Waals surface area contributed by atoms with Gasteiger partial charge >= 0.3 is 0 Å². The molecule has 0 heterocycles. The van der Waals surface area contributed by atoms with E-state index >= 15 is 0 Å². The number of amides is 1. The largest absolute Gasteiger partial charge is 0.380 e. The van der Waals surface area contributed by atoms with Crippen LogP contribution in [0.25, 0.3) is 0 Å². The van der Waals surface area contributed by atoms with Gasteiger partial charge in [-0.15, -0.1) is 0 Å². The van der Waals surface area contributed by atoms with Crippen LogP contribution in [0.15, 0.2) is 48.5 Å². The smallest absolute Gasteiger partial charge is 0.251 e. The van der Waals surface area contributed by atoms with Crippen molar-refractivity contribution in [3.63, 3.8) is 0 Å². The Kier molecular flexibility index (Phi) is 5.55. The number of hydrogen-bond acceptors (Lipinski definition) is 2. The maximum atomic E-state index is 12.1. The molecule has 1 N–H and O–H groups in total. The summed E-state index contributed by atoms with van der Waals surface area (Å²) < 4.78 is 6.27. The summed E-state index contributed by atoms with van der Waals surface area (Å²) in [6.45, 7) is 1.06. The number of rotatable bonds is 5. The first-order chi connectivity index (χ1) is 9.70. The van der Waals surface area contributed by atoms with Gasteiger partial charge in [-0.25, -0.2) is 0 Å². The molecule has 3 nitrogen and oxygen atoms in total. The highest BCUT2D eigenvalue weighted by molar-refractivity contribution is 14.1. The zero-order valence-corrected chi connectivity index (χ0v) is 13.4. The number of carbonyl (C=O) groups excluding carboxylic acids is 1. The number of halogens is 1. The van der Waals surface area contributed by atoms with E-state index in [1.807, 2.05) is 48.5 Å². The maximum Gasteiger partial charge on any atom is 0.251 e. The Bertz CT molecular complexity index is 581. The summed E-state index contributed by atoms with van der Waals surface area (Å²) in [7, 11) is 1.67. The van der Waals surface area contributed by atoms with Crippen LogP contribution >= 0.6 is 22.6 Å². The van der Waals surface area contributed by atoms with E-state index in [2.05, 4.69) is 27.9 Å². The second-order valence-electron chi connectivity index (χ2n) is 4.39. The molecule has 0 saturated heterocycles. The fourth-order valence-electron chi connectivity index (χ4n) is 1.91. The van der Waals surface area contributed by atoms with E-state index in [0.717, 1.165) is 14.7 Å². The van der Waals surface area contributed by atoms with Gasteiger partial charge in [0.1, 0.15) is 0 Å². The lowest BCUT2D eigenvalue weighted by molar-refractivity contribution is 0.0950. The van der Waals surface area contributed by atoms with E-state index in [0.29, 0.717) is 18.7 Å². The zero-order chi connectivity index (χ0) is 14.4. The molecular weight excluding hydrogens is 365 g/mol. The van der Waals surface area contributed by atoms with Gasteiger partial charge in [-0.1, -0.05) is 24.3 Å². The Morgan fingerprint density at radius 2 is 1.75 bits per heavy atom. The Hall–Kier alpha value is -1.40. The summed E-state index contributed by atoms with van der Waals surface area (Å²) in [5, 5.41) is 2.94. The van der Waals surface area contributed by atoms with E-state index in [1.165, 1.54) is 0 Å². The fourth-order valence-corrected chi connectivity index (χ4v) is 2.26. The van der Waals surface area contributed by atoms with Crippen molar-refractivity contribution in [1.82, 2.24) is 5.32 Å². The summed E-state index contributed by atoms with van der Waals surface area (Å²) in [6.07, 6.45) is 0. The molecule has 2 aromatic carbocycles. The summed E-state index contributed by atoms with van der Waals surface area (Å²) in [4.78, 5) is 12.1. The first kappa shape index (κ1) is 15.0. The van der Waals surface area contributed by atoms with Gasteiger partial charge in [-0.2, -0.15) is 0 Å². The van der Waals surface area contributed by atoms with Crippen LogP contribution < -0.4 is 5.32 Å². The minimum atomic E-state index is -0.0615. The minimum absolute atomic E-state index is 0.0615. The van der Waals surface area contributed by atoms with Crippen LogP contribution in [-0.4, -0.2) is 13.0 Å². The predicted molar refractivity (Wildman–Crippen MR) is 87.5 cm³/mol. The fraction of sp³-hybridized carbons (Fsp3) is 0.188. The summed E-state index contributed by atoms with van der Waals surface area (Å²) in [5.74, 6) is -0.0615. The second-order valence-corrected chi connectivity index (χ2v) is 5.64. The summed E-state index contributed by atoms with van der Waals surface area (Å²) in [5.41, 5.74) is 2.85. The molecule has 104 valence electrons. The number of benzene rings is 2. The molecule has 20 heavy (non-hydrogen) atoms. The van der Waals surface area contributed by atoms with E-state index in [1.54, 1.807) is 7.11 Å². The van der Waals surface area contributed by atoms with Gasteiger partial charge < -0.3 is 10.1 Å². The Labute approximate surface area is 132 Å². The topological polar surface area (TPSA) is 38.3 Å². The van der Waals surface area contributed by atoms with E-state index in [-0.39, 0.29) is 5.91 Å². The molecule has 0 aliphatic carbocycles. The monoisotopic (exact) mass is 381 g/mol. The van der Waals surface area contributed by atoms with Crippen LogP contribution in [0.2, 0.25) is 0 Å². The highest BCUT2D eigenvalue weighted by atomic mass is 127. The van der Waals surface area contributed by atoms with Gasteiger partial charge in [-0.3, -0.25) is 4.79 Å².